The lowest BCUT2D eigenvalue weighted by atomic mass is 9.99. The summed E-state index contributed by atoms with van der Waals surface area (Å²) in [5.74, 6) is 1.47. The number of hydrogen-bond acceptors (Lipinski definition) is 6. The highest BCUT2D eigenvalue weighted by molar-refractivity contribution is 7.16. The minimum Gasteiger partial charge on any atom is -0.497 e. The van der Waals surface area contributed by atoms with Gasteiger partial charge in [0.05, 0.1) is 19.4 Å². The molecule has 0 aliphatic heterocycles. The highest BCUT2D eigenvalue weighted by Crippen LogP contribution is 2.38. The third-order valence-corrected chi connectivity index (χ3v) is 5.53. The molecule has 4 rings (SSSR count). The number of thiophene rings is 1. The molecule has 1 aromatic carbocycles. The Labute approximate surface area is 178 Å². The number of nitrogens with one attached hydrogen (secondary N) is 2. The van der Waals surface area contributed by atoms with E-state index in [-0.39, 0.29) is 17.7 Å². The average molecular weight is 420 g/mol. The van der Waals surface area contributed by atoms with Crippen LogP contribution >= 0.6 is 11.3 Å². The Balaban J connectivity index is 1.74. The first-order chi connectivity index (χ1) is 14.6. The average Bonchev–Trinajstić information content (AvgIpc) is 3.43. The lowest BCUT2D eigenvalue weighted by molar-refractivity contribution is 0.0997. The van der Waals surface area contributed by atoms with Gasteiger partial charge >= 0.3 is 0 Å². The minimum atomic E-state index is -0.287. The van der Waals surface area contributed by atoms with Gasteiger partial charge in [-0.05, 0) is 55.0 Å². The van der Waals surface area contributed by atoms with Crippen molar-refractivity contribution in [2.75, 3.05) is 17.7 Å². The van der Waals surface area contributed by atoms with Gasteiger partial charge in [-0.3, -0.25) is 4.79 Å². The number of ether oxygens (including phenoxy) is 1. The van der Waals surface area contributed by atoms with E-state index in [2.05, 4.69) is 21.7 Å². The molecule has 1 amide bonds. The topological polar surface area (TPSA) is 76.4 Å². The Morgan fingerprint density at radius 2 is 2.03 bits per heavy atom. The number of furan rings is 1. The van der Waals surface area contributed by atoms with Gasteiger partial charge in [-0.1, -0.05) is 18.2 Å². The van der Waals surface area contributed by atoms with Crippen LogP contribution in [0.25, 0.3) is 0 Å². The summed E-state index contributed by atoms with van der Waals surface area (Å²) < 4.78 is 10.7. The quantitative estimate of drug-likeness (QED) is 0.413. The summed E-state index contributed by atoms with van der Waals surface area (Å²) in [6.07, 6.45) is 3.22. The van der Waals surface area contributed by atoms with Crippen LogP contribution < -0.4 is 15.4 Å². The van der Waals surface area contributed by atoms with E-state index in [1.165, 1.54) is 17.6 Å². The van der Waals surface area contributed by atoms with Crippen molar-refractivity contribution < 1.29 is 13.9 Å². The van der Waals surface area contributed by atoms with E-state index in [0.29, 0.717) is 0 Å². The fourth-order valence-corrected chi connectivity index (χ4v) is 4.12. The van der Waals surface area contributed by atoms with Gasteiger partial charge in [0.25, 0.3) is 5.91 Å². The zero-order valence-corrected chi connectivity index (χ0v) is 17.4. The molecule has 0 spiro atoms. The lowest BCUT2D eigenvalue weighted by Gasteiger charge is -2.21. The standard InChI is InChI=1S/C23H21N3O3S/c1-15-13-18(23(30-15)26-22(27)19-9-6-12-29-19)21(25-20-10-3-4-11-24-20)16-7-5-8-17(14-16)28-2/h3-14,21H,1-2H3,(H,24,25)(H,26,27)/t21-/m0/s1. The van der Waals surface area contributed by atoms with Gasteiger partial charge in [-0.2, -0.15) is 0 Å². The lowest BCUT2D eigenvalue weighted by Crippen LogP contribution is -2.16. The van der Waals surface area contributed by atoms with Gasteiger partial charge in [-0.15, -0.1) is 11.3 Å². The molecule has 0 aliphatic rings. The van der Waals surface area contributed by atoms with Crippen molar-refractivity contribution in [2.45, 2.75) is 13.0 Å². The molecule has 0 fully saturated rings. The normalized spacial score (nSPS) is 11.7. The second-order valence-corrected chi connectivity index (χ2v) is 7.90. The molecule has 0 saturated heterocycles. The first-order valence-electron chi connectivity index (χ1n) is 9.41. The van der Waals surface area contributed by atoms with Gasteiger partial charge in [-0.25, -0.2) is 4.98 Å². The molecule has 0 saturated carbocycles. The number of hydrogen-bond donors (Lipinski definition) is 2. The molecule has 30 heavy (non-hydrogen) atoms. The van der Waals surface area contributed by atoms with Crippen LogP contribution in [0, 0.1) is 6.92 Å². The summed E-state index contributed by atoms with van der Waals surface area (Å²) >= 11 is 1.52. The molecule has 4 aromatic rings. The van der Waals surface area contributed by atoms with Crippen LogP contribution in [0.15, 0.2) is 77.5 Å². The number of nitrogens with zero attached hydrogens (tertiary/aromatic N) is 1. The first-order valence-corrected chi connectivity index (χ1v) is 10.2. The molecule has 7 heteroatoms. The van der Waals surface area contributed by atoms with Crippen molar-refractivity contribution in [3.63, 3.8) is 0 Å². The number of anilines is 2. The molecule has 6 nitrogen and oxygen atoms in total. The Kier molecular flexibility index (Phi) is 5.81. The van der Waals surface area contributed by atoms with Gasteiger partial charge in [0, 0.05) is 16.6 Å². The highest BCUT2D eigenvalue weighted by Gasteiger charge is 2.23. The maximum Gasteiger partial charge on any atom is 0.291 e. The summed E-state index contributed by atoms with van der Waals surface area (Å²) in [5, 5.41) is 7.24. The van der Waals surface area contributed by atoms with Crippen molar-refractivity contribution in [2.24, 2.45) is 0 Å². The van der Waals surface area contributed by atoms with Crippen LogP contribution in [0.5, 0.6) is 5.75 Å². The molecule has 0 unspecified atom stereocenters. The van der Waals surface area contributed by atoms with Crippen LogP contribution in [0.2, 0.25) is 0 Å². The number of carbonyl (C=O) groups excluding carboxylic acids is 1. The van der Waals surface area contributed by atoms with E-state index in [0.717, 1.165) is 32.6 Å². The number of methoxy groups -OCH3 is 1. The molecular formula is C23H21N3O3S. The van der Waals surface area contributed by atoms with Crippen LogP contribution in [0.1, 0.15) is 32.6 Å². The molecule has 0 aliphatic carbocycles. The highest BCUT2D eigenvalue weighted by atomic mass is 32.1. The summed E-state index contributed by atoms with van der Waals surface area (Å²) in [4.78, 5) is 18.1. The molecule has 3 heterocycles. The van der Waals surface area contributed by atoms with E-state index in [1.807, 2.05) is 49.4 Å². The predicted octanol–water partition coefficient (Wildman–Crippen LogP) is 5.51. The smallest absolute Gasteiger partial charge is 0.291 e. The molecule has 3 aromatic heterocycles. The fraction of sp³-hybridized carbons (Fsp3) is 0.130. The van der Waals surface area contributed by atoms with Crippen LogP contribution in [0.3, 0.4) is 0 Å². The Morgan fingerprint density at radius 1 is 1.13 bits per heavy atom. The van der Waals surface area contributed by atoms with E-state index in [1.54, 1.807) is 25.4 Å². The maximum absolute atomic E-state index is 12.6. The van der Waals surface area contributed by atoms with E-state index in [4.69, 9.17) is 9.15 Å². The van der Waals surface area contributed by atoms with Crippen molar-refractivity contribution in [1.82, 2.24) is 4.98 Å². The van der Waals surface area contributed by atoms with Crippen LogP contribution in [-0.4, -0.2) is 18.0 Å². The second kappa shape index (κ2) is 8.84. The van der Waals surface area contributed by atoms with Gasteiger partial charge in [0.15, 0.2) is 5.76 Å². The maximum atomic E-state index is 12.6. The Bertz CT molecular complexity index is 1120. The van der Waals surface area contributed by atoms with E-state index < -0.39 is 0 Å². The number of benzene rings is 1. The van der Waals surface area contributed by atoms with Crippen molar-refractivity contribution >= 4 is 28.1 Å². The fourth-order valence-electron chi connectivity index (χ4n) is 3.18. The number of carbonyl (C=O) groups is 1. The molecule has 0 bridgehead atoms. The summed E-state index contributed by atoms with van der Waals surface area (Å²) in [6, 6.07) is 18.7. The number of aromatic nitrogens is 1. The summed E-state index contributed by atoms with van der Waals surface area (Å²) in [7, 11) is 1.64. The molecule has 152 valence electrons. The molecule has 1 atom stereocenters. The largest absolute Gasteiger partial charge is 0.497 e. The van der Waals surface area contributed by atoms with Gasteiger partial charge in [0.2, 0.25) is 0 Å². The summed E-state index contributed by atoms with van der Waals surface area (Å²) in [5.41, 5.74) is 1.93. The molecule has 0 radical (unpaired) electrons. The third-order valence-electron chi connectivity index (χ3n) is 4.55. The predicted molar refractivity (Wildman–Crippen MR) is 118 cm³/mol. The summed E-state index contributed by atoms with van der Waals surface area (Å²) in [6.45, 7) is 2.01. The van der Waals surface area contributed by atoms with Crippen molar-refractivity contribution in [3.8, 4) is 5.75 Å². The van der Waals surface area contributed by atoms with Gasteiger partial charge < -0.3 is 19.8 Å². The SMILES string of the molecule is COc1cccc([C@H](Nc2ccccn2)c2cc(C)sc2NC(=O)c2ccco2)c1. The van der Waals surface area contributed by atoms with Gasteiger partial charge in [0.1, 0.15) is 16.6 Å². The van der Waals surface area contributed by atoms with E-state index >= 15 is 0 Å². The number of pyridine rings is 1. The van der Waals surface area contributed by atoms with Crippen molar-refractivity contribution in [1.29, 1.82) is 0 Å². The zero-order valence-electron chi connectivity index (χ0n) is 16.6. The third kappa shape index (κ3) is 4.36. The Morgan fingerprint density at radius 3 is 2.77 bits per heavy atom. The monoisotopic (exact) mass is 419 g/mol. The van der Waals surface area contributed by atoms with Crippen molar-refractivity contribution in [3.05, 3.63) is 94.9 Å². The Hall–Kier alpha value is -3.58. The molecular weight excluding hydrogens is 398 g/mol. The first kappa shape index (κ1) is 19.7. The van der Waals surface area contributed by atoms with E-state index in [9.17, 15) is 4.79 Å². The van der Waals surface area contributed by atoms with Crippen LogP contribution in [0.4, 0.5) is 10.8 Å². The number of aryl methyl sites for hydroxylation is 1. The van der Waals surface area contributed by atoms with Crippen LogP contribution in [-0.2, 0) is 0 Å². The number of amides is 1. The minimum absolute atomic E-state index is 0.244. The molecule has 2 N–H and O–H groups in total. The number of rotatable bonds is 7. The second-order valence-electron chi connectivity index (χ2n) is 6.64. The zero-order chi connectivity index (χ0) is 20.9.